The third-order valence-corrected chi connectivity index (χ3v) is 6.46. The lowest BCUT2D eigenvalue weighted by molar-refractivity contribution is 0.0977. The summed E-state index contributed by atoms with van der Waals surface area (Å²) in [5, 5.41) is 0.441. The Labute approximate surface area is 198 Å². The quantitative estimate of drug-likeness (QED) is 0.461. The number of amides is 1. The molecule has 0 aliphatic carbocycles. The summed E-state index contributed by atoms with van der Waals surface area (Å²) >= 11 is 0. The third-order valence-electron chi connectivity index (χ3n) is 5.20. The van der Waals surface area contributed by atoms with Crippen LogP contribution in [-0.4, -0.2) is 36.4 Å². The molecule has 0 bridgehead atoms. The number of aromatic nitrogens is 3. The fraction of sp³-hybridized carbons (Fsp3) is 0.200. The van der Waals surface area contributed by atoms with Crippen LogP contribution in [0.4, 0.5) is 0 Å². The van der Waals surface area contributed by atoms with Gasteiger partial charge in [0.2, 0.25) is 5.03 Å². The molecule has 0 spiro atoms. The molecule has 0 aliphatic rings. The molecule has 0 fully saturated rings. The number of pyridine rings is 3. The second-order valence-corrected chi connectivity index (χ2v) is 10.3. The van der Waals surface area contributed by atoms with Gasteiger partial charge in [0, 0.05) is 28.3 Å². The van der Waals surface area contributed by atoms with Gasteiger partial charge in [0.15, 0.2) is 5.75 Å². The molecule has 174 valence electrons. The zero-order chi connectivity index (χ0) is 24.5. The number of carbonyl (C=O) groups is 1. The smallest absolute Gasteiger partial charge is 0.285 e. The summed E-state index contributed by atoms with van der Waals surface area (Å²) in [5.74, 6) is -0.824. The molecule has 4 aromatic rings. The maximum absolute atomic E-state index is 13.1. The fourth-order valence-corrected chi connectivity index (χ4v) is 4.52. The van der Waals surface area contributed by atoms with Gasteiger partial charge in [-0.25, -0.2) is 14.7 Å². The topological polar surface area (TPSA) is 111 Å². The summed E-state index contributed by atoms with van der Waals surface area (Å²) in [5.41, 5.74) is 2.28. The molecule has 3 aromatic heterocycles. The van der Waals surface area contributed by atoms with Crippen molar-refractivity contribution in [3.05, 3.63) is 78.2 Å². The van der Waals surface area contributed by atoms with Crippen LogP contribution in [-0.2, 0) is 15.4 Å². The van der Waals surface area contributed by atoms with Gasteiger partial charge in [-0.15, -0.1) is 0 Å². The predicted octanol–water partition coefficient (Wildman–Crippen LogP) is 4.12. The molecular formula is C25H24N4O4S. The van der Waals surface area contributed by atoms with Crippen molar-refractivity contribution in [1.82, 2.24) is 19.7 Å². The Kier molecular flexibility index (Phi) is 6.05. The standard InChI is InChI=1S/C25H24N4O4S/c1-25(2,3)22-14-13-21(33-4)24(28-22)34(31,32)29-23(30)20-12-11-17-16(8-7-10-19(17)27-20)18-9-5-6-15-26-18/h5-15H,1-4H3,(H,29,30). The highest BCUT2D eigenvalue weighted by Gasteiger charge is 2.28. The number of benzene rings is 1. The van der Waals surface area contributed by atoms with E-state index in [-0.39, 0.29) is 16.5 Å². The van der Waals surface area contributed by atoms with Crippen molar-refractivity contribution in [3.8, 4) is 17.0 Å². The van der Waals surface area contributed by atoms with Gasteiger partial charge in [0.05, 0.1) is 18.3 Å². The van der Waals surface area contributed by atoms with E-state index >= 15 is 0 Å². The number of fused-ring (bicyclic) bond motifs is 1. The molecule has 0 unspecified atom stereocenters. The van der Waals surface area contributed by atoms with Gasteiger partial charge in [-0.2, -0.15) is 8.42 Å². The lowest BCUT2D eigenvalue weighted by Gasteiger charge is -2.19. The summed E-state index contributed by atoms with van der Waals surface area (Å²) in [6, 6.07) is 17.5. The van der Waals surface area contributed by atoms with Gasteiger partial charge in [0.25, 0.3) is 15.9 Å². The van der Waals surface area contributed by atoms with E-state index in [0.29, 0.717) is 11.2 Å². The molecule has 0 saturated carbocycles. The predicted molar refractivity (Wildman–Crippen MR) is 129 cm³/mol. The second kappa shape index (κ2) is 8.83. The molecule has 8 nitrogen and oxygen atoms in total. The number of hydrogen-bond donors (Lipinski definition) is 1. The van der Waals surface area contributed by atoms with Crippen LogP contribution < -0.4 is 9.46 Å². The van der Waals surface area contributed by atoms with Gasteiger partial charge in [-0.3, -0.25) is 9.78 Å². The van der Waals surface area contributed by atoms with Crippen LogP contribution in [0.3, 0.4) is 0 Å². The highest BCUT2D eigenvalue weighted by Crippen LogP contribution is 2.28. The molecule has 9 heteroatoms. The van der Waals surface area contributed by atoms with Gasteiger partial charge < -0.3 is 4.74 Å². The maximum Gasteiger partial charge on any atom is 0.285 e. The molecule has 1 aromatic carbocycles. The minimum atomic E-state index is -4.32. The highest BCUT2D eigenvalue weighted by molar-refractivity contribution is 7.90. The Bertz CT molecular complexity index is 1480. The molecule has 0 aliphatic heterocycles. The number of rotatable bonds is 5. The van der Waals surface area contributed by atoms with Gasteiger partial charge in [0.1, 0.15) is 5.69 Å². The van der Waals surface area contributed by atoms with Crippen LogP contribution in [0.1, 0.15) is 37.0 Å². The summed E-state index contributed by atoms with van der Waals surface area (Å²) in [4.78, 5) is 25.9. The maximum atomic E-state index is 13.1. The zero-order valence-electron chi connectivity index (χ0n) is 19.2. The first-order chi connectivity index (χ1) is 16.1. The number of methoxy groups -OCH3 is 1. The Morgan fingerprint density at radius 1 is 0.941 bits per heavy atom. The number of nitrogens with zero attached hydrogens (tertiary/aromatic N) is 3. The van der Waals surface area contributed by atoms with Crippen LogP contribution in [0.15, 0.2) is 71.9 Å². The molecule has 0 saturated heterocycles. The van der Waals surface area contributed by atoms with E-state index in [2.05, 4.69) is 19.7 Å². The SMILES string of the molecule is COc1ccc(C(C)(C)C)nc1S(=O)(=O)NC(=O)c1ccc2c(-c3ccccn3)cccc2n1. The summed E-state index contributed by atoms with van der Waals surface area (Å²) in [6.45, 7) is 5.74. The normalized spacial score (nSPS) is 11.9. The van der Waals surface area contributed by atoms with Crippen molar-refractivity contribution in [1.29, 1.82) is 0 Å². The van der Waals surface area contributed by atoms with Gasteiger partial charge in [-0.1, -0.05) is 39.0 Å². The Morgan fingerprint density at radius 2 is 1.74 bits per heavy atom. The first kappa shape index (κ1) is 23.3. The van der Waals surface area contributed by atoms with E-state index in [1.807, 2.05) is 51.1 Å². The minimum Gasteiger partial charge on any atom is -0.494 e. The Morgan fingerprint density at radius 3 is 2.41 bits per heavy atom. The Balaban J connectivity index is 1.68. The molecule has 0 atom stereocenters. The van der Waals surface area contributed by atoms with Crippen LogP contribution in [0.2, 0.25) is 0 Å². The number of carbonyl (C=O) groups excluding carboxylic acids is 1. The largest absolute Gasteiger partial charge is 0.494 e. The molecular weight excluding hydrogens is 452 g/mol. The van der Waals surface area contributed by atoms with Crippen molar-refractivity contribution in [2.75, 3.05) is 7.11 Å². The molecule has 1 N–H and O–H groups in total. The lowest BCUT2D eigenvalue weighted by atomic mass is 9.92. The summed E-state index contributed by atoms with van der Waals surface area (Å²) in [7, 11) is -2.98. The number of sulfonamides is 1. The average Bonchev–Trinajstić information content (AvgIpc) is 2.82. The summed E-state index contributed by atoms with van der Waals surface area (Å²) < 4.78 is 33.4. The van der Waals surface area contributed by atoms with Crippen LogP contribution >= 0.6 is 0 Å². The molecule has 1 amide bonds. The van der Waals surface area contributed by atoms with Crippen LogP contribution in [0.5, 0.6) is 5.75 Å². The monoisotopic (exact) mass is 476 g/mol. The van der Waals surface area contributed by atoms with Crippen molar-refractivity contribution >= 4 is 26.8 Å². The Hall–Kier alpha value is -3.85. The average molecular weight is 477 g/mol. The van der Waals surface area contributed by atoms with Gasteiger partial charge in [-0.05, 0) is 42.5 Å². The van der Waals surface area contributed by atoms with E-state index in [0.717, 1.165) is 16.6 Å². The molecule has 4 rings (SSSR count). The lowest BCUT2D eigenvalue weighted by Crippen LogP contribution is -2.32. The fourth-order valence-electron chi connectivity index (χ4n) is 3.44. The molecule has 3 heterocycles. The van der Waals surface area contributed by atoms with E-state index in [1.165, 1.54) is 19.2 Å². The zero-order valence-corrected chi connectivity index (χ0v) is 20.1. The first-order valence-electron chi connectivity index (χ1n) is 10.5. The molecule has 34 heavy (non-hydrogen) atoms. The van der Waals surface area contributed by atoms with Crippen molar-refractivity contribution in [2.45, 2.75) is 31.2 Å². The molecule has 0 radical (unpaired) electrons. The number of hydrogen-bond acceptors (Lipinski definition) is 7. The highest BCUT2D eigenvalue weighted by atomic mass is 32.2. The first-order valence-corrected chi connectivity index (χ1v) is 12.0. The van der Waals surface area contributed by atoms with Crippen LogP contribution in [0.25, 0.3) is 22.2 Å². The third kappa shape index (κ3) is 4.60. The van der Waals surface area contributed by atoms with E-state index in [1.54, 1.807) is 24.4 Å². The van der Waals surface area contributed by atoms with Crippen LogP contribution in [0, 0.1) is 0 Å². The van der Waals surface area contributed by atoms with E-state index in [9.17, 15) is 13.2 Å². The number of ether oxygens (including phenoxy) is 1. The second-order valence-electron chi connectivity index (χ2n) is 8.67. The van der Waals surface area contributed by atoms with E-state index in [4.69, 9.17) is 4.74 Å². The summed E-state index contributed by atoms with van der Waals surface area (Å²) in [6.07, 6.45) is 1.70. The van der Waals surface area contributed by atoms with Crippen molar-refractivity contribution in [2.24, 2.45) is 0 Å². The van der Waals surface area contributed by atoms with Crippen molar-refractivity contribution < 1.29 is 17.9 Å². The number of nitrogens with one attached hydrogen (secondary N) is 1. The van der Waals surface area contributed by atoms with Crippen molar-refractivity contribution in [3.63, 3.8) is 0 Å². The van der Waals surface area contributed by atoms with E-state index < -0.39 is 21.3 Å². The van der Waals surface area contributed by atoms with Gasteiger partial charge >= 0.3 is 0 Å². The minimum absolute atomic E-state index is 0.0415.